The van der Waals surface area contributed by atoms with Crippen LogP contribution in [0.1, 0.15) is 29.7 Å². The molecule has 2 aromatic rings. The smallest absolute Gasteiger partial charge is 0.235 e. The molecule has 0 atom stereocenters. The Labute approximate surface area is 153 Å². The van der Waals surface area contributed by atoms with Gasteiger partial charge in [-0.1, -0.05) is 11.8 Å². The Kier molecular flexibility index (Phi) is 5.48. The number of thioether (sulfide) groups is 1. The Morgan fingerprint density at radius 2 is 2.21 bits per heavy atom. The van der Waals surface area contributed by atoms with Crippen LogP contribution in [0, 0.1) is 11.3 Å². The van der Waals surface area contributed by atoms with Crippen molar-refractivity contribution in [3.8, 4) is 6.07 Å². The molecule has 0 unspecified atom stereocenters. The summed E-state index contributed by atoms with van der Waals surface area (Å²) in [6.45, 7) is 0. The molecule has 122 valence electrons. The number of carbonyl (C=O) groups is 1. The molecule has 2 aromatic heterocycles. The molecule has 1 N–H and O–H groups in total. The summed E-state index contributed by atoms with van der Waals surface area (Å²) >= 11 is 4.59. The van der Waals surface area contributed by atoms with Gasteiger partial charge in [0, 0.05) is 16.4 Å². The number of anilines is 1. The summed E-state index contributed by atoms with van der Waals surface area (Å²) < 4.78 is 0.854. The second-order valence-corrected chi connectivity index (χ2v) is 7.34. The Balaban J connectivity index is 1.66. The van der Waals surface area contributed by atoms with Gasteiger partial charge in [0.25, 0.3) is 0 Å². The van der Waals surface area contributed by atoms with Gasteiger partial charge in [-0.15, -0.1) is 0 Å². The molecule has 1 aliphatic rings. The van der Waals surface area contributed by atoms with Crippen molar-refractivity contribution in [3.05, 3.63) is 45.7 Å². The zero-order valence-electron chi connectivity index (χ0n) is 12.9. The number of nitriles is 1. The van der Waals surface area contributed by atoms with Crippen LogP contribution in [-0.2, 0) is 17.6 Å². The van der Waals surface area contributed by atoms with Gasteiger partial charge in [-0.25, -0.2) is 9.97 Å². The summed E-state index contributed by atoms with van der Waals surface area (Å²) in [6, 6.07) is 7.66. The van der Waals surface area contributed by atoms with E-state index in [1.54, 1.807) is 12.3 Å². The van der Waals surface area contributed by atoms with Crippen LogP contribution in [0.15, 0.2) is 33.9 Å². The lowest BCUT2D eigenvalue weighted by Crippen LogP contribution is -2.15. The highest BCUT2D eigenvalue weighted by atomic mass is 79.9. The maximum Gasteiger partial charge on any atom is 0.235 e. The monoisotopic (exact) mass is 402 g/mol. The number of rotatable bonds is 4. The van der Waals surface area contributed by atoms with Gasteiger partial charge in [-0.3, -0.25) is 4.79 Å². The summed E-state index contributed by atoms with van der Waals surface area (Å²) in [7, 11) is 0. The number of nitrogens with one attached hydrogen (secondary N) is 1. The maximum absolute atomic E-state index is 12.1. The van der Waals surface area contributed by atoms with Crippen molar-refractivity contribution < 1.29 is 4.79 Å². The van der Waals surface area contributed by atoms with E-state index >= 15 is 0 Å². The topological polar surface area (TPSA) is 78.7 Å². The first-order valence-corrected chi connectivity index (χ1v) is 9.40. The summed E-state index contributed by atoms with van der Waals surface area (Å²) in [5, 5.41) is 12.7. The van der Waals surface area contributed by atoms with Crippen molar-refractivity contribution in [1.82, 2.24) is 9.97 Å². The van der Waals surface area contributed by atoms with Crippen LogP contribution >= 0.6 is 27.7 Å². The number of pyridine rings is 2. The summed E-state index contributed by atoms with van der Waals surface area (Å²) in [5.41, 5.74) is 2.79. The largest absolute Gasteiger partial charge is 0.310 e. The number of aromatic nitrogens is 2. The Hall–Kier alpha value is -1.91. The first-order valence-electron chi connectivity index (χ1n) is 7.63. The first kappa shape index (κ1) is 16.9. The summed E-state index contributed by atoms with van der Waals surface area (Å²) in [6.07, 6.45) is 5.84. The summed E-state index contributed by atoms with van der Waals surface area (Å²) in [4.78, 5) is 20.8. The molecule has 1 aliphatic carbocycles. The maximum atomic E-state index is 12.1. The number of nitrogens with zero attached hydrogens (tertiary/aromatic N) is 3. The van der Waals surface area contributed by atoms with Gasteiger partial charge < -0.3 is 5.32 Å². The predicted octanol–water partition coefficient (Wildman–Crippen LogP) is 3.72. The second kappa shape index (κ2) is 7.77. The third-order valence-electron chi connectivity index (χ3n) is 3.72. The van der Waals surface area contributed by atoms with Crippen LogP contribution < -0.4 is 5.32 Å². The number of fused-ring (bicyclic) bond motifs is 1. The molecule has 0 aromatic carbocycles. The number of halogens is 1. The highest BCUT2D eigenvalue weighted by Gasteiger charge is 2.16. The number of hydrogen-bond acceptors (Lipinski definition) is 5. The number of hydrogen-bond donors (Lipinski definition) is 1. The minimum atomic E-state index is -0.168. The van der Waals surface area contributed by atoms with E-state index in [0.717, 1.165) is 35.8 Å². The highest BCUT2D eigenvalue weighted by molar-refractivity contribution is 9.10. The van der Waals surface area contributed by atoms with E-state index in [1.165, 1.54) is 17.3 Å². The Bertz CT molecular complexity index is 801. The lowest BCUT2D eigenvalue weighted by Gasteiger charge is -2.16. The van der Waals surface area contributed by atoms with Crippen molar-refractivity contribution >= 4 is 39.4 Å². The van der Waals surface area contributed by atoms with Gasteiger partial charge >= 0.3 is 0 Å². The molecular formula is C17H15BrN4OS. The molecule has 3 rings (SSSR count). The molecule has 1 amide bonds. The summed E-state index contributed by atoms with van der Waals surface area (Å²) in [5.74, 6) is 0.527. The first-order chi connectivity index (χ1) is 11.7. The predicted molar refractivity (Wildman–Crippen MR) is 96.9 cm³/mol. The van der Waals surface area contributed by atoms with E-state index in [0.29, 0.717) is 16.4 Å². The standard InChI is InChI=1S/C17H15BrN4OS/c18-13-5-6-15(20-9-13)22-16(23)10-24-17-12(8-19)7-11-3-1-2-4-14(11)21-17/h5-7,9H,1-4,10H2,(H,20,22,23). The van der Waals surface area contributed by atoms with Gasteiger partial charge in [-0.05, 0) is 65.4 Å². The fraction of sp³-hybridized carbons (Fsp3) is 0.294. The number of carbonyl (C=O) groups excluding carboxylic acids is 1. The van der Waals surface area contributed by atoms with Gasteiger partial charge in [0.15, 0.2) is 0 Å². The average molecular weight is 403 g/mol. The Morgan fingerprint density at radius 1 is 1.38 bits per heavy atom. The zero-order valence-corrected chi connectivity index (χ0v) is 15.3. The van der Waals surface area contributed by atoms with Crippen molar-refractivity contribution in [2.75, 3.05) is 11.1 Å². The van der Waals surface area contributed by atoms with E-state index in [1.807, 2.05) is 12.1 Å². The van der Waals surface area contributed by atoms with E-state index < -0.39 is 0 Å². The normalized spacial score (nSPS) is 13.0. The average Bonchev–Trinajstić information content (AvgIpc) is 2.61. The van der Waals surface area contributed by atoms with E-state index in [-0.39, 0.29) is 11.7 Å². The molecule has 0 fully saturated rings. The third kappa shape index (κ3) is 4.13. The number of aryl methyl sites for hydroxylation is 2. The molecule has 0 saturated carbocycles. The van der Waals surface area contributed by atoms with E-state index in [9.17, 15) is 10.1 Å². The van der Waals surface area contributed by atoms with Gasteiger partial charge in [0.05, 0.1) is 11.3 Å². The molecule has 0 saturated heterocycles. The van der Waals surface area contributed by atoms with E-state index in [4.69, 9.17) is 0 Å². The SMILES string of the molecule is N#Cc1cc2c(nc1SCC(=O)Nc1ccc(Br)cn1)CCCC2. The minimum absolute atomic E-state index is 0.168. The lowest BCUT2D eigenvalue weighted by atomic mass is 9.95. The van der Waals surface area contributed by atoms with Crippen LogP contribution in [0.5, 0.6) is 0 Å². The molecule has 0 aliphatic heterocycles. The fourth-order valence-electron chi connectivity index (χ4n) is 2.57. The molecule has 0 spiro atoms. The molecule has 24 heavy (non-hydrogen) atoms. The fourth-order valence-corrected chi connectivity index (χ4v) is 3.58. The van der Waals surface area contributed by atoms with Crippen LogP contribution in [0.2, 0.25) is 0 Å². The van der Waals surface area contributed by atoms with Gasteiger partial charge in [-0.2, -0.15) is 5.26 Å². The van der Waals surface area contributed by atoms with E-state index in [2.05, 4.69) is 37.3 Å². The number of amides is 1. The third-order valence-corrected chi connectivity index (χ3v) is 5.18. The van der Waals surface area contributed by atoms with Gasteiger partial charge in [0.2, 0.25) is 5.91 Å². The lowest BCUT2D eigenvalue weighted by molar-refractivity contribution is -0.113. The van der Waals surface area contributed by atoms with Gasteiger partial charge in [0.1, 0.15) is 16.9 Å². The quantitative estimate of drug-likeness (QED) is 0.788. The molecule has 0 radical (unpaired) electrons. The van der Waals surface area contributed by atoms with Crippen LogP contribution in [0.25, 0.3) is 0 Å². The molecule has 0 bridgehead atoms. The van der Waals surface area contributed by atoms with Crippen molar-refractivity contribution in [3.63, 3.8) is 0 Å². The van der Waals surface area contributed by atoms with Crippen LogP contribution in [0.3, 0.4) is 0 Å². The highest BCUT2D eigenvalue weighted by Crippen LogP contribution is 2.27. The molecule has 5 nitrogen and oxygen atoms in total. The molecule has 7 heteroatoms. The van der Waals surface area contributed by atoms with Crippen LogP contribution in [0.4, 0.5) is 5.82 Å². The minimum Gasteiger partial charge on any atom is -0.310 e. The zero-order chi connectivity index (χ0) is 16.9. The van der Waals surface area contributed by atoms with Crippen molar-refractivity contribution in [2.24, 2.45) is 0 Å². The Morgan fingerprint density at radius 3 is 2.96 bits per heavy atom. The van der Waals surface area contributed by atoms with Crippen molar-refractivity contribution in [2.45, 2.75) is 30.7 Å². The molecule has 2 heterocycles. The molecular weight excluding hydrogens is 388 g/mol. The van der Waals surface area contributed by atoms with Crippen LogP contribution in [-0.4, -0.2) is 21.6 Å². The van der Waals surface area contributed by atoms with Crippen molar-refractivity contribution in [1.29, 1.82) is 5.26 Å². The second-order valence-electron chi connectivity index (χ2n) is 5.46.